The van der Waals surface area contributed by atoms with Crippen LogP contribution in [-0.2, 0) is 4.79 Å². The Hall–Kier alpha value is -0.570. The number of aliphatic carboxylic acids is 1. The first-order chi connectivity index (χ1) is 5.07. The van der Waals surface area contributed by atoms with E-state index in [0.29, 0.717) is 0 Å². The van der Waals surface area contributed by atoms with Crippen molar-refractivity contribution in [2.24, 2.45) is 5.92 Å². The zero-order valence-electron chi connectivity index (χ0n) is 6.97. The first-order valence-corrected chi connectivity index (χ1v) is 4.16. The molecule has 0 aromatic heterocycles. The third-order valence-corrected chi connectivity index (χ3v) is 2.88. The van der Waals surface area contributed by atoms with Gasteiger partial charge in [0.15, 0.2) is 5.54 Å². The molecule has 1 rings (SSSR count). The van der Waals surface area contributed by atoms with Gasteiger partial charge in [0, 0.05) is 12.3 Å². The number of hydrogen-bond acceptors (Lipinski definition) is 1. The van der Waals surface area contributed by atoms with Gasteiger partial charge in [-0.2, -0.15) is 0 Å². The number of quaternary nitrogens is 1. The van der Waals surface area contributed by atoms with E-state index in [1.807, 2.05) is 6.92 Å². The molecule has 11 heavy (non-hydrogen) atoms. The van der Waals surface area contributed by atoms with Gasteiger partial charge in [0.25, 0.3) is 0 Å². The molecule has 64 valence electrons. The van der Waals surface area contributed by atoms with E-state index in [0.717, 1.165) is 25.7 Å². The molecule has 2 atom stereocenters. The maximum absolute atomic E-state index is 10.8. The summed E-state index contributed by atoms with van der Waals surface area (Å²) in [5, 5.41) is 8.91. The van der Waals surface area contributed by atoms with E-state index in [-0.39, 0.29) is 5.92 Å². The number of carboxylic acid groups (broad SMARTS) is 1. The van der Waals surface area contributed by atoms with Crippen molar-refractivity contribution in [1.29, 1.82) is 0 Å². The average molecular weight is 158 g/mol. The first-order valence-electron chi connectivity index (χ1n) is 4.16. The molecule has 3 nitrogen and oxygen atoms in total. The van der Waals surface area contributed by atoms with Gasteiger partial charge in [0.2, 0.25) is 0 Å². The highest BCUT2D eigenvalue weighted by Gasteiger charge is 2.45. The maximum atomic E-state index is 10.8. The lowest BCUT2D eigenvalue weighted by atomic mass is 9.74. The van der Waals surface area contributed by atoms with Crippen molar-refractivity contribution in [2.45, 2.75) is 38.1 Å². The van der Waals surface area contributed by atoms with Gasteiger partial charge in [0.05, 0.1) is 0 Å². The van der Waals surface area contributed by atoms with Crippen LogP contribution in [-0.4, -0.2) is 16.6 Å². The van der Waals surface area contributed by atoms with Crippen LogP contribution in [0.25, 0.3) is 0 Å². The van der Waals surface area contributed by atoms with Crippen molar-refractivity contribution < 1.29 is 15.6 Å². The van der Waals surface area contributed by atoms with Gasteiger partial charge < -0.3 is 10.8 Å². The van der Waals surface area contributed by atoms with Crippen LogP contribution in [0, 0.1) is 5.92 Å². The van der Waals surface area contributed by atoms with E-state index < -0.39 is 11.5 Å². The zero-order chi connectivity index (χ0) is 8.48. The fourth-order valence-electron chi connectivity index (χ4n) is 1.73. The minimum atomic E-state index is -0.732. The molecular formula is C8H16NO2+. The standard InChI is InChI=1S/C8H15NO2/c1-6-4-2-3-5-8(6,9)7(10)11/h6H,2-5,9H2,1H3,(H,10,11)/p+1/t6-,8+/m1/s1. The minimum absolute atomic E-state index is 0.230. The smallest absolute Gasteiger partial charge is 0.365 e. The molecule has 0 aromatic rings. The minimum Gasteiger partial charge on any atom is -0.477 e. The lowest BCUT2D eigenvalue weighted by molar-refractivity contribution is -0.480. The van der Waals surface area contributed by atoms with Gasteiger partial charge in [-0.3, -0.25) is 0 Å². The molecule has 0 heterocycles. The summed E-state index contributed by atoms with van der Waals surface area (Å²) in [6.45, 7) is 1.99. The SMILES string of the molecule is C[C@@H]1CCCC[C@@]1([NH3+])C(=O)O. The number of hydrogen-bond donors (Lipinski definition) is 2. The quantitative estimate of drug-likeness (QED) is 0.575. The lowest BCUT2D eigenvalue weighted by Gasteiger charge is -2.31. The number of rotatable bonds is 1. The Balaban J connectivity index is 2.72. The summed E-state index contributed by atoms with van der Waals surface area (Å²) in [7, 11) is 0. The van der Waals surface area contributed by atoms with Crippen molar-refractivity contribution in [2.75, 3.05) is 0 Å². The van der Waals surface area contributed by atoms with Gasteiger partial charge >= 0.3 is 5.97 Å². The first kappa shape index (κ1) is 8.53. The Labute approximate surface area is 66.6 Å². The summed E-state index contributed by atoms with van der Waals surface area (Å²) < 4.78 is 0. The summed E-state index contributed by atoms with van der Waals surface area (Å²) >= 11 is 0. The highest BCUT2D eigenvalue weighted by atomic mass is 16.4. The van der Waals surface area contributed by atoms with Crippen LogP contribution < -0.4 is 5.73 Å². The van der Waals surface area contributed by atoms with Crippen LogP contribution in [0.4, 0.5) is 0 Å². The van der Waals surface area contributed by atoms with E-state index >= 15 is 0 Å². The Morgan fingerprint density at radius 1 is 1.64 bits per heavy atom. The maximum Gasteiger partial charge on any atom is 0.365 e. The van der Waals surface area contributed by atoms with Crippen LogP contribution in [0.3, 0.4) is 0 Å². The Morgan fingerprint density at radius 3 is 2.64 bits per heavy atom. The Kier molecular flexibility index (Phi) is 2.18. The van der Waals surface area contributed by atoms with Crippen molar-refractivity contribution in [1.82, 2.24) is 0 Å². The molecule has 0 spiro atoms. The molecule has 0 unspecified atom stereocenters. The molecule has 0 bridgehead atoms. The number of carbonyl (C=O) groups is 1. The molecule has 1 fully saturated rings. The Bertz CT molecular complexity index is 169. The van der Waals surface area contributed by atoms with Crippen molar-refractivity contribution in [3.8, 4) is 0 Å². The second-order valence-corrected chi connectivity index (χ2v) is 3.61. The van der Waals surface area contributed by atoms with E-state index in [9.17, 15) is 4.79 Å². The van der Waals surface area contributed by atoms with Crippen LogP contribution in [0.1, 0.15) is 32.6 Å². The predicted molar refractivity (Wildman–Crippen MR) is 40.9 cm³/mol. The fraction of sp³-hybridized carbons (Fsp3) is 0.875. The molecule has 1 aliphatic carbocycles. The van der Waals surface area contributed by atoms with E-state index in [2.05, 4.69) is 5.73 Å². The Morgan fingerprint density at radius 2 is 2.27 bits per heavy atom. The third kappa shape index (κ3) is 1.38. The molecule has 0 aliphatic heterocycles. The summed E-state index contributed by atoms with van der Waals surface area (Å²) in [6, 6.07) is 0. The van der Waals surface area contributed by atoms with Crippen molar-refractivity contribution in [3.05, 3.63) is 0 Å². The monoisotopic (exact) mass is 158 g/mol. The molecule has 1 aliphatic rings. The van der Waals surface area contributed by atoms with Crippen LogP contribution in [0.5, 0.6) is 0 Å². The predicted octanol–water partition coefficient (Wildman–Crippen LogP) is 0.262. The molecule has 0 aromatic carbocycles. The molecule has 4 N–H and O–H groups in total. The van der Waals surface area contributed by atoms with Crippen LogP contribution in [0.2, 0.25) is 0 Å². The van der Waals surface area contributed by atoms with Gasteiger partial charge in [-0.1, -0.05) is 13.3 Å². The van der Waals surface area contributed by atoms with Gasteiger partial charge in [-0.05, 0) is 12.8 Å². The topological polar surface area (TPSA) is 64.9 Å². The van der Waals surface area contributed by atoms with E-state index in [1.54, 1.807) is 0 Å². The van der Waals surface area contributed by atoms with Gasteiger partial charge in [-0.25, -0.2) is 4.79 Å². The second-order valence-electron chi connectivity index (χ2n) is 3.61. The summed E-state index contributed by atoms with van der Waals surface area (Å²) in [5.41, 5.74) is 3.11. The van der Waals surface area contributed by atoms with Crippen LogP contribution in [0.15, 0.2) is 0 Å². The zero-order valence-corrected chi connectivity index (χ0v) is 6.97. The largest absolute Gasteiger partial charge is 0.477 e. The molecule has 3 heteroatoms. The van der Waals surface area contributed by atoms with E-state index in [4.69, 9.17) is 5.11 Å². The van der Waals surface area contributed by atoms with Crippen LogP contribution >= 0.6 is 0 Å². The lowest BCUT2D eigenvalue weighted by Crippen LogP contribution is -2.80. The van der Waals surface area contributed by atoms with E-state index in [1.165, 1.54) is 0 Å². The van der Waals surface area contributed by atoms with Gasteiger partial charge in [-0.15, -0.1) is 0 Å². The third-order valence-electron chi connectivity index (χ3n) is 2.88. The summed E-state index contributed by atoms with van der Waals surface area (Å²) in [5.74, 6) is -0.501. The molecule has 0 saturated heterocycles. The average Bonchev–Trinajstić information content (AvgIpc) is 1.95. The molecular weight excluding hydrogens is 142 g/mol. The number of carboxylic acids is 1. The fourth-order valence-corrected chi connectivity index (χ4v) is 1.73. The molecule has 1 saturated carbocycles. The summed E-state index contributed by atoms with van der Waals surface area (Å²) in [6.07, 6.45) is 3.92. The second kappa shape index (κ2) is 2.81. The highest BCUT2D eigenvalue weighted by Crippen LogP contribution is 2.29. The highest BCUT2D eigenvalue weighted by molar-refractivity contribution is 5.77. The molecule has 0 amide bonds. The van der Waals surface area contributed by atoms with Crippen molar-refractivity contribution in [3.63, 3.8) is 0 Å². The van der Waals surface area contributed by atoms with Crippen molar-refractivity contribution >= 4 is 5.97 Å². The normalized spacial score (nSPS) is 38.5. The van der Waals surface area contributed by atoms with Gasteiger partial charge in [0.1, 0.15) is 0 Å². The summed E-state index contributed by atoms with van der Waals surface area (Å²) in [4.78, 5) is 10.8. The molecule has 0 radical (unpaired) electrons.